The van der Waals surface area contributed by atoms with Crippen LogP contribution in [0.5, 0.6) is 0 Å². The Morgan fingerprint density at radius 1 is 1.32 bits per heavy atom. The molecular formula is C12H17F2NO3S. The Balaban J connectivity index is 2.67. The number of hydrogen-bond acceptors (Lipinski definition) is 3. The predicted molar refractivity (Wildman–Crippen MR) is 67.0 cm³/mol. The first kappa shape index (κ1) is 16.0. The fourth-order valence-corrected chi connectivity index (χ4v) is 2.77. The smallest absolute Gasteiger partial charge is 0.246 e. The van der Waals surface area contributed by atoms with Crippen LogP contribution < -0.4 is 4.72 Å². The molecule has 4 nitrogen and oxygen atoms in total. The van der Waals surface area contributed by atoms with Crippen molar-refractivity contribution in [3.8, 4) is 0 Å². The lowest BCUT2D eigenvalue weighted by molar-refractivity contribution is 0.228. The molecule has 0 saturated carbocycles. The van der Waals surface area contributed by atoms with Gasteiger partial charge in [0.1, 0.15) is 11.6 Å². The number of nitrogens with one attached hydrogen (secondary N) is 1. The Morgan fingerprint density at radius 2 is 1.89 bits per heavy atom. The third kappa shape index (κ3) is 4.52. The lowest BCUT2D eigenvalue weighted by Gasteiger charge is -2.10. The molecule has 19 heavy (non-hydrogen) atoms. The average molecular weight is 293 g/mol. The fraction of sp³-hybridized carbons (Fsp3) is 0.500. The van der Waals surface area contributed by atoms with Crippen LogP contribution in [0.15, 0.2) is 23.1 Å². The number of sulfonamides is 1. The van der Waals surface area contributed by atoms with Crippen LogP contribution in [0.2, 0.25) is 0 Å². The number of rotatable bonds is 7. The van der Waals surface area contributed by atoms with Gasteiger partial charge in [0.05, 0.1) is 0 Å². The molecule has 0 fully saturated rings. The van der Waals surface area contributed by atoms with Crippen molar-refractivity contribution in [1.29, 1.82) is 0 Å². The Kier molecular flexibility index (Phi) is 5.84. The van der Waals surface area contributed by atoms with Crippen molar-refractivity contribution in [2.45, 2.75) is 24.7 Å². The minimum absolute atomic E-state index is 0.0225. The second kappa shape index (κ2) is 6.93. The van der Waals surface area contributed by atoms with Gasteiger partial charge in [0, 0.05) is 13.2 Å². The molecule has 7 heteroatoms. The van der Waals surface area contributed by atoms with Crippen LogP contribution in [-0.4, -0.2) is 26.7 Å². The second-order valence-corrected chi connectivity index (χ2v) is 6.08. The minimum atomic E-state index is -4.19. The normalized spacial score (nSPS) is 13.5. The molecule has 1 atom stereocenters. The van der Waals surface area contributed by atoms with Crippen molar-refractivity contribution >= 4 is 10.0 Å². The highest BCUT2D eigenvalue weighted by atomic mass is 32.2. The van der Waals surface area contributed by atoms with E-state index in [-0.39, 0.29) is 19.1 Å². The molecule has 1 aromatic carbocycles. The lowest BCUT2D eigenvalue weighted by atomic mass is 10.1. The van der Waals surface area contributed by atoms with Crippen molar-refractivity contribution in [2.75, 3.05) is 13.2 Å². The maximum Gasteiger partial charge on any atom is 0.246 e. The molecule has 1 unspecified atom stereocenters. The van der Waals surface area contributed by atoms with Gasteiger partial charge in [-0.25, -0.2) is 21.9 Å². The molecule has 0 bridgehead atoms. The van der Waals surface area contributed by atoms with Crippen molar-refractivity contribution < 1.29 is 22.3 Å². The first-order chi connectivity index (χ1) is 8.88. The molecule has 1 rings (SSSR count). The Bertz CT molecular complexity index is 499. The summed E-state index contributed by atoms with van der Waals surface area (Å²) in [6.07, 6.45) is 1.11. The molecule has 0 aliphatic rings. The SMILES string of the molecule is CC(CO)CCCNS(=O)(=O)c1c(F)cccc1F. The van der Waals surface area contributed by atoms with E-state index in [4.69, 9.17) is 5.11 Å². The van der Waals surface area contributed by atoms with Crippen LogP contribution in [-0.2, 0) is 10.0 Å². The van der Waals surface area contributed by atoms with E-state index in [1.54, 1.807) is 0 Å². The molecule has 0 radical (unpaired) electrons. The van der Waals surface area contributed by atoms with Gasteiger partial charge in [0.2, 0.25) is 10.0 Å². The van der Waals surface area contributed by atoms with Crippen molar-refractivity contribution in [1.82, 2.24) is 4.72 Å². The number of benzene rings is 1. The molecule has 0 aliphatic carbocycles. The predicted octanol–water partition coefficient (Wildman–Crippen LogP) is 1.65. The van der Waals surface area contributed by atoms with Gasteiger partial charge >= 0.3 is 0 Å². The van der Waals surface area contributed by atoms with E-state index in [1.807, 2.05) is 6.92 Å². The van der Waals surface area contributed by atoms with Gasteiger partial charge in [-0.3, -0.25) is 0 Å². The highest BCUT2D eigenvalue weighted by molar-refractivity contribution is 7.89. The molecular weight excluding hydrogens is 276 g/mol. The van der Waals surface area contributed by atoms with E-state index in [9.17, 15) is 17.2 Å². The summed E-state index contributed by atoms with van der Waals surface area (Å²) in [4.78, 5) is -0.954. The zero-order valence-corrected chi connectivity index (χ0v) is 11.4. The summed E-state index contributed by atoms with van der Waals surface area (Å²) in [5, 5.41) is 8.81. The van der Waals surface area contributed by atoms with Crippen LogP contribution in [0.1, 0.15) is 19.8 Å². The molecule has 0 aliphatic heterocycles. The Morgan fingerprint density at radius 3 is 2.42 bits per heavy atom. The summed E-state index contributed by atoms with van der Waals surface area (Å²) < 4.78 is 52.3. The third-order valence-electron chi connectivity index (χ3n) is 2.67. The lowest BCUT2D eigenvalue weighted by Crippen LogP contribution is -2.27. The number of hydrogen-bond donors (Lipinski definition) is 2. The van der Waals surface area contributed by atoms with Crippen molar-refractivity contribution in [2.24, 2.45) is 5.92 Å². The first-order valence-electron chi connectivity index (χ1n) is 5.93. The molecule has 0 amide bonds. The standard InChI is InChI=1S/C12H17F2NO3S/c1-9(8-16)4-3-7-15-19(17,18)12-10(13)5-2-6-11(12)14/h2,5-6,9,15-16H,3-4,7-8H2,1H3. The van der Waals surface area contributed by atoms with E-state index < -0.39 is 26.6 Å². The van der Waals surface area contributed by atoms with Crippen LogP contribution in [0, 0.1) is 17.6 Å². The maximum absolute atomic E-state index is 13.3. The first-order valence-corrected chi connectivity index (χ1v) is 7.41. The van der Waals surface area contributed by atoms with Gasteiger partial charge < -0.3 is 5.11 Å². The van der Waals surface area contributed by atoms with E-state index in [2.05, 4.69) is 4.72 Å². The van der Waals surface area contributed by atoms with Crippen LogP contribution >= 0.6 is 0 Å². The van der Waals surface area contributed by atoms with Crippen molar-refractivity contribution in [3.05, 3.63) is 29.8 Å². The van der Waals surface area contributed by atoms with Gasteiger partial charge in [-0.2, -0.15) is 0 Å². The van der Waals surface area contributed by atoms with Gasteiger partial charge in [-0.1, -0.05) is 13.0 Å². The molecule has 108 valence electrons. The molecule has 1 aromatic rings. The van der Waals surface area contributed by atoms with E-state index in [0.29, 0.717) is 12.8 Å². The maximum atomic E-state index is 13.3. The summed E-state index contributed by atoms with van der Waals surface area (Å²) in [5.41, 5.74) is 0. The van der Waals surface area contributed by atoms with Crippen LogP contribution in [0.25, 0.3) is 0 Å². The number of aliphatic hydroxyl groups is 1. The highest BCUT2D eigenvalue weighted by Crippen LogP contribution is 2.18. The molecule has 0 spiro atoms. The molecule has 2 N–H and O–H groups in total. The van der Waals surface area contributed by atoms with Crippen LogP contribution in [0.3, 0.4) is 0 Å². The summed E-state index contributed by atoms with van der Waals surface area (Å²) >= 11 is 0. The number of aliphatic hydroxyl groups excluding tert-OH is 1. The van der Waals surface area contributed by atoms with Gasteiger partial charge in [-0.15, -0.1) is 0 Å². The summed E-state index contributed by atoms with van der Waals surface area (Å²) in [6.45, 7) is 1.92. The van der Waals surface area contributed by atoms with E-state index >= 15 is 0 Å². The quantitative estimate of drug-likeness (QED) is 0.751. The Hall–Kier alpha value is -1.05. The van der Waals surface area contributed by atoms with E-state index in [0.717, 1.165) is 18.2 Å². The molecule has 0 saturated heterocycles. The summed E-state index contributed by atoms with van der Waals surface area (Å²) in [5.74, 6) is -2.16. The molecule has 0 heterocycles. The number of halogens is 2. The van der Waals surface area contributed by atoms with Gasteiger partial charge in [-0.05, 0) is 30.9 Å². The topological polar surface area (TPSA) is 66.4 Å². The second-order valence-electron chi connectivity index (χ2n) is 4.38. The third-order valence-corrected chi connectivity index (χ3v) is 4.18. The minimum Gasteiger partial charge on any atom is -0.396 e. The van der Waals surface area contributed by atoms with E-state index in [1.165, 1.54) is 0 Å². The summed E-state index contributed by atoms with van der Waals surface area (Å²) in [6, 6.07) is 2.89. The average Bonchev–Trinajstić information content (AvgIpc) is 2.33. The van der Waals surface area contributed by atoms with Crippen molar-refractivity contribution in [3.63, 3.8) is 0 Å². The zero-order chi connectivity index (χ0) is 14.5. The fourth-order valence-electron chi connectivity index (χ4n) is 1.56. The molecule has 0 aromatic heterocycles. The Labute approximate surface area is 111 Å². The monoisotopic (exact) mass is 293 g/mol. The highest BCUT2D eigenvalue weighted by Gasteiger charge is 2.23. The largest absolute Gasteiger partial charge is 0.396 e. The zero-order valence-electron chi connectivity index (χ0n) is 10.6. The van der Waals surface area contributed by atoms with Gasteiger partial charge in [0.25, 0.3) is 0 Å². The summed E-state index contributed by atoms with van der Waals surface area (Å²) in [7, 11) is -4.19. The van der Waals surface area contributed by atoms with Crippen LogP contribution in [0.4, 0.5) is 8.78 Å². The van der Waals surface area contributed by atoms with Gasteiger partial charge in [0.15, 0.2) is 4.90 Å².